The van der Waals surface area contributed by atoms with Gasteiger partial charge in [0, 0.05) is 27.8 Å². The maximum atomic E-state index is 12.6. The summed E-state index contributed by atoms with van der Waals surface area (Å²) in [6.45, 7) is 5.35. The fraction of sp³-hybridized carbons (Fsp3) is 0.263. The van der Waals surface area contributed by atoms with Crippen LogP contribution in [0, 0.1) is 0 Å². The van der Waals surface area contributed by atoms with E-state index in [4.69, 9.17) is 9.47 Å². The van der Waals surface area contributed by atoms with Crippen LogP contribution in [0.3, 0.4) is 0 Å². The van der Waals surface area contributed by atoms with Crippen molar-refractivity contribution in [2.45, 2.75) is 24.0 Å². The van der Waals surface area contributed by atoms with Crippen molar-refractivity contribution < 1.29 is 14.3 Å². The number of ether oxygens (including phenoxy) is 2. The Morgan fingerprint density at radius 3 is 2.73 bits per heavy atom. The smallest absolute Gasteiger partial charge is 0.257 e. The molecule has 0 bridgehead atoms. The molecule has 26 heavy (non-hydrogen) atoms. The van der Waals surface area contributed by atoms with Gasteiger partial charge in [-0.3, -0.25) is 10.1 Å². The van der Waals surface area contributed by atoms with Crippen LogP contribution in [0.1, 0.15) is 24.2 Å². The van der Waals surface area contributed by atoms with Gasteiger partial charge in [-0.2, -0.15) is 0 Å². The first-order valence-corrected chi connectivity index (χ1v) is 10.1. The number of thiazole rings is 1. The summed E-state index contributed by atoms with van der Waals surface area (Å²) < 4.78 is 12.1. The monoisotopic (exact) mass is 386 g/mol. The van der Waals surface area contributed by atoms with E-state index in [9.17, 15) is 4.79 Å². The van der Waals surface area contributed by atoms with E-state index in [0.29, 0.717) is 34.9 Å². The molecule has 0 saturated carbocycles. The van der Waals surface area contributed by atoms with Crippen molar-refractivity contribution in [3.63, 3.8) is 0 Å². The van der Waals surface area contributed by atoms with Crippen LogP contribution < -0.4 is 14.8 Å². The number of carbonyl (C=O) groups is 1. The predicted molar refractivity (Wildman–Crippen MR) is 106 cm³/mol. The number of carbonyl (C=O) groups excluding carboxylic acids is 1. The Balaban J connectivity index is 1.56. The highest BCUT2D eigenvalue weighted by Gasteiger charge is 2.16. The molecule has 1 aliphatic rings. The number of aromatic nitrogens is 1. The third kappa shape index (κ3) is 3.64. The summed E-state index contributed by atoms with van der Waals surface area (Å²) in [6, 6.07) is 11.4. The van der Waals surface area contributed by atoms with Gasteiger partial charge in [0.2, 0.25) is 0 Å². The van der Waals surface area contributed by atoms with Gasteiger partial charge < -0.3 is 9.47 Å². The van der Waals surface area contributed by atoms with Crippen LogP contribution in [0.5, 0.6) is 11.5 Å². The van der Waals surface area contributed by atoms with Gasteiger partial charge in [0.1, 0.15) is 13.2 Å². The Bertz CT molecular complexity index is 926. The Kier molecular flexibility index (Phi) is 4.74. The van der Waals surface area contributed by atoms with E-state index in [1.807, 2.05) is 36.4 Å². The summed E-state index contributed by atoms with van der Waals surface area (Å²) in [5.41, 5.74) is 1.42. The molecule has 1 N–H and O–H groups in total. The summed E-state index contributed by atoms with van der Waals surface area (Å²) in [5.74, 6) is 1.27. The minimum absolute atomic E-state index is 0.160. The molecule has 134 valence electrons. The average molecular weight is 386 g/mol. The van der Waals surface area contributed by atoms with Crippen molar-refractivity contribution in [2.24, 2.45) is 0 Å². The number of nitrogens with zero attached hydrogens (tertiary/aromatic N) is 1. The first kappa shape index (κ1) is 17.2. The lowest BCUT2D eigenvalue weighted by molar-refractivity contribution is 0.102. The molecule has 4 rings (SSSR count). The molecule has 0 aliphatic carbocycles. The van der Waals surface area contributed by atoms with Crippen LogP contribution in [-0.2, 0) is 0 Å². The maximum Gasteiger partial charge on any atom is 0.257 e. The number of anilines is 1. The molecule has 2 aromatic carbocycles. The first-order valence-electron chi connectivity index (χ1n) is 8.37. The van der Waals surface area contributed by atoms with Gasteiger partial charge in [0.05, 0.1) is 10.2 Å². The minimum atomic E-state index is -0.160. The van der Waals surface area contributed by atoms with E-state index < -0.39 is 0 Å². The van der Waals surface area contributed by atoms with Crippen molar-refractivity contribution in [3.8, 4) is 11.5 Å². The number of amides is 1. The third-order valence-corrected chi connectivity index (χ3v) is 5.67. The van der Waals surface area contributed by atoms with Crippen LogP contribution in [0.25, 0.3) is 10.2 Å². The molecule has 0 spiro atoms. The van der Waals surface area contributed by atoms with Crippen LogP contribution in [-0.4, -0.2) is 29.4 Å². The lowest BCUT2D eigenvalue weighted by atomic mass is 10.2. The average Bonchev–Trinajstić information content (AvgIpc) is 3.00. The largest absolute Gasteiger partial charge is 0.486 e. The highest BCUT2D eigenvalue weighted by atomic mass is 32.2. The zero-order valence-corrected chi connectivity index (χ0v) is 16.1. The van der Waals surface area contributed by atoms with Gasteiger partial charge in [-0.05, 0) is 18.2 Å². The van der Waals surface area contributed by atoms with Gasteiger partial charge in [-0.1, -0.05) is 31.3 Å². The van der Waals surface area contributed by atoms with Gasteiger partial charge in [0.25, 0.3) is 5.91 Å². The van der Waals surface area contributed by atoms with Gasteiger partial charge in [-0.25, -0.2) is 4.98 Å². The van der Waals surface area contributed by atoms with Crippen molar-refractivity contribution in [3.05, 3.63) is 42.0 Å². The second kappa shape index (κ2) is 7.17. The highest BCUT2D eigenvalue weighted by Crippen LogP contribution is 2.38. The third-order valence-electron chi connectivity index (χ3n) is 3.74. The van der Waals surface area contributed by atoms with E-state index in [-0.39, 0.29) is 5.91 Å². The first-order chi connectivity index (χ1) is 12.6. The van der Waals surface area contributed by atoms with Crippen LogP contribution in [0.15, 0.2) is 41.3 Å². The minimum Gasteiger partial charge on any atom is -0.486 e. The van der Waals surface area contributed by atoms with Crippen molar-refractivity contribution >= 4 is 44.4 Å². The topological polar surface area (TPSA) is 60.5 Å². The quantitative estimate of drug-likeness (QED) is 0.652. The molecule has 2 heterocycles. The Hall–Kier alpha value is -2.25. The summed E-state index contributed by atoms with van der Waals surface area (Å²) in [5, 5.41) is 3.93. The zero-order valence-electron chi connectivity index (χ0n) is 14.4. The van der Waals surface area contributed by atoms with Crippen LogP contribution in [0.4, 0.5) is 5.13 Å². The van der Waals surface area contributed by atoms with E-state index in [1.165, 1.54) is 11.3 Å². The summed E-state index contributed by atoms with van der Waals surface area (Å²) >= 11 is 3.16. The van der Waals surface area contributed by atoms with Gasteiger partial charge in [0.15, 0.2) is 16.6 Å². The lowest BCUT2D eigenvalue weighted by Crippen LogP contribution is -2.15. The van der Waals surface area contributed by atoms with E-state index >= 15 is 0 Å². The SMILES string of the molecule is CC(C)Sc1cccc(C(=O)Nc2nc3cc4c(cc3s2)OCCO4)c1. The van der Waals surface area contributed by atoms with Crippen molar-refractivity contribution in [2.75, 3.05) is 18.5 Å². The molecular weight excluding hydrogens is 368 g/mol. The number of thioether (sulfide) groups is 1. The number of nitrogens with one attached hydrogen (secondary N) is 1. The molecule has 0 fully saturated rings. The van der Waals surface area contributed by atoms with Crippen molar-refractivity contribution in [1.29, 1.82) is 0 Å². The second-order valence-electron chi connectivity index (χ2n) is 6.13. The molecule has 1 amide bonds. The number of benzene rings is 2. The second-order valence-corrected chi connectivity index (χ2v) is 8.81. The van der Waals surface area contributed by atoms with Gasteiger partial charge >= 0.3 is 0 Å². The molecule has 0 radical (unpaired) electrons. The zero-order chi connectivity index (χ0) is 18.1. The molecule has 3 aromatic rings. The molecule has 1 aliphatic heterocycles. The number of fused-ring (bicyclic) bond motifs is 2. The predicted octanol–water partition coefficient (Wildman–Crippen LogP) is 4.82. The van der Waals surface area contributed by atoms with E-state index in [1.54, 1.807) is 11.8 Å². The molecular formula is C19H18N2O3S2. The molecule has 7 heteroatoms. The molecule has 0 unspecified atom stereocenters. The van der Waals surface area contributed by atoms with Crippen LogP contribution >= 0.6 is 23.1 Å². The molecule has 1 aromatic heterocycles. The van der Waals surface area contributed by atoms with E-state index in [0.717, 1.165) is 20.9 Å². The number of hydrogen-bond acceptors (Lipinski definition) is 6. The Morgan fingerprint density at radius 1 is 1.19 bits per heavy atom. The van der Waals surface area contributed by atoms with Gasteiger partial charge in [-0.15, -0.1) is 11.8 Å². The molecule has 0 saturated heterocycles. The lowest BCUT2D eigenvalue weighted by Gasteiger charge is -2.17. The summed E-state index contributed by atoms with van der Waals surface area (Å²) in [4.78, 5) is 18.2. The fourth-order valence-corrected chi connectivity index (χ4v) is 4.44. The maximum absolute atomic E-state index is 12.6. The summed E-state index contributed by atoms with van der Waals surface area (Å²) in [6.07, 6.45) is 0. The van der Waals surface area contributed by atoms with Crippen molar-refractivity contribution in [1.82, 2.24) is 4.98 Å². The van der Waals surface area contributed by atoms with E-state index in [2.05, 4.69) is 24.1 Å². The molecule has 5 nitrogen and oxygen atoms in total. The van der Waals surface area contributed by atoms with Crippen LogP contribution in [0.2, 0.25) is 0 Å². The highest BCUT2D eigenvalue weighted by molar-refractivity contribution is 7.99. The Morgan fingerprint density at radius 2 is 1.96 bits per heavy atom. The fourth-order valence-electron chi connectivity index (χ4n) is 2.67. The number of hydrogen-bond donors (Lipinski definition) is 1. The summed E-state index contributed by atoms with van der Waals surface area (Å²) in [7, 11) is 0. The Labute approximate surface area is 159 Å². The number of rotatable bonds is 4. The molecule has 0 atom stereocenters. The standard InChI is InChI=1S/C19H18N2O3S2/c1-11(2)25-13-5-3-4-12(8-13)18(22)21-19-20-14-9-15-16(10-17(14)26-19)24-7-6-23-15/h3-5,8-11H,6-7H2,1-2H3,(H,20,21,22). The normalized spacial score (nSPS) is 13.2.